The fraction of sp³-hybridized carbons (Fsp3) is 0.217. The van der Waals surface area contributed by atoms with Gasteiger partial charge in [-0.05, 0) is 72.8 Å². The number of carbonyl (C=O) groups is 2. The zero-order valence-corrected chi connectivity index (χ0v) is 19.5. The van der Waals surface area contributed by atoms with Crippen molar-refractivity contribution in [1.82, 2.24) is 4.90 Å². The van der Waals surface area contributed by atoms with E-state index >= 15 is 0 Å². The number of rotatable bonds is 7. The molecule has 33 heavy (non-hydrogen) atoms. The van der Waals surface area contributed by atoms with Crippen molar-refractivity contribution < 1.29 is 22.7 Å². The standard InChI is InChI=1S/C23H23N3O5S2/c1-31-18-10-6-17(7-11-18)25-33(29,30)19-12-8-16(9-13-19)24-22(27)20-4-2-14-26(20)23(28)21-5-3-15-32-21/h3,5-13,15,20,25H,2,4,14H2,1H3,(H,24,27). The van der Waals surface area contributed by atoms with Crippen molar-refractivity contribution in [1.29, 1.82) is 0 Å². The molecule has 0 aliphatic carbocycles. The van der Waals surface area contributed by atoms with Gasteiger partial charge in [0.15, 0.2) is 0 Å². The number of likely N-dealkylation sites (tertiary alicyclic amines) is 1. The van der Waals surface area contributed by atoms with E-state index in [0.717, 1.165) is 6.42 Å². The Morgan fingerprint density at radius 3 is 2.36 bits per heavy atom. The number of nitrogens with one attached hydrogen (secondary N) is 2. The highest BCUT2D eigenvalue weighted by Crippen LogP contribution is 2.24. The fourth-order valence-electron chi connectivity index (χ4n) is 3.64. The molecule has 1 aromatic heterocycles. The number of benzene rings is 2. The monoisotopic (exact) mass is 485 g/mol. The Morgan fingerprint density at radius 2 is 1.73 bits per heavy atom. The summed E-state index contributed by atoms with van der Waals surface area (Å²) in [7, 11) is -2.26. The predicted octanol–water partition coefficient (Wildman–Crippen LogP) is 3.80. The second-order valence-electron chi connectivity index (χ2n) is 7.48. The van der Waals surface area contributed by atoms with E-state index in [9.17, 15) is 18.0 Å². The summed E-state index contributed by atoms with van der Waals surface area (Å²) in [4.78, 5) is 27.8. The second-order valence-corrected chi connectivity index (χ2v) is 10.1. The highest BCUT2D eigenvalue weighted by Gasteiger charge is 2.35. The van der Waals surface area contributed by atoms with Gasteiger partial charge in [-0.25, -0.2) is 8.42 Å². The minimum Gasteiger partial charge on any atom is -0.497 e. The van der Waals surface area contributed by atoms with Crippen molar-refractivity contribution in [3.63, 3.8) is 0 Å². The number of methoxy groups -OCH3 is 1. The third-order valence-corrected chi connectivity index (χ3v) is 7.58. The third-order valence-electron chi connectivity index (χ3n) is 5.32. The molecule has 0 saturated carbocycles. The number of hydrogen-bond donors (Lipinski definition) is 2. The molecule has 4 rings (SSSR count). The van der Waals surface area contributed by atoms with Crippen LogP contribution in [0.1, 0.15) is 22.5 Å². The van der Waals surface area contributed by atoms with Gasteiger partial charge < -0.3 is 15.0 Å². The Hall–Kier alpha value is -3.37. The molecule has 0 spiro atoms. The van der Waals surface area contributed by atoms with E-state index < -0.39 is 16.1 Å². The Balaban J connectivity index is 1.41. The molecule has 2 heterocycles. The normalized spacial score (nSPS) is 15.8. The van der Waals surface area contributed by atoms with Crippen LogP contribution in [0.15, 0.2) is 70.9 Å². The lowest BCUT2D eigenvalue weighted by Gasteiger charge is -2.23. The molecular weight excluding hydrogens is 462 g/mol. The molecule has 172 valence electrons. The molecule has 1 unspecified atom stereocenters. The first-order valence-electron chi connectivity index (χ1n) is 10.3. The number of hydrogen-bond acceptors (Lipinski definition) is 6. The smallest absolute Gasteiger partial charge is 0.264 e. The van der Waals surface area contributed by atoms with Gasteiger partial charge in [-0.3, -0.25) is 14.3 Å². The van der Waals surface area contributed by atoms with Gasteiger partial charge in [0.2, 0.25) is 5.91 Å². The molecule has 1 saturated heterocycles. The van der Waals surface area contributed by atoms with Crippen molar-refractivity contribution in [2.75, 3.05) is 23.7 Å². The van der Waals surface area contributed by atoms with Crippen LogP contribution in [0.2, 0.25) is 0 Å². The average Bonchev–Trinajstić information content (AvgIpc) is 3.52. The number of nitrogens with zero attached hydrogens (tertiary/aromatic N) is 1. The first-order valence-corrected chi connectivity index (χ1v) is 12.7. The average molecular weight is 486 g/mol. The van der Waals surface area contributed by atoms with Crippen LogP contribution in [0.25, 0.3) is 0 Å². The Labute approximate surface area is 196 Å². The molecule has 2 amide bonds. The summed E-state index contributed by atoms with van der Waals surface area (Å²) in [6.07, 6.45) is 1.34. The first kappa shape index (κ1) is 22.8. The topological polar surface area (TPSA) is 105 Å². The van der Waals surface area contributed by atoms with E-state index in [1.807, 2.05) is 11.4 Å². The molecule has 1 aliphatic rings. The third kappa shape index (κ3) is 5.18. The molecule has 1 aliphatic heterocycles. The maximum atomic E-state index is 12.8. The number of sulfonamides is 1. The Bertz CT molecular complexity index is 1220. The summed E-state index contributed by atoms with van der Waals surface area (Å²) >= 11 is 1.35. The molecule has 0 bridgehead atoms. The van der Waals surface area contributed by atoms with Crippen molar-refractivity contribution in [2.45, 2.75) is 23.8 Å². The SMILES string of the molecule is COc1ccc(NS(=O)(=O)c2ccc(NC(=O)C3CCCN3C(=O)c3cccs3)cc2)cc1. The van der Waals surface area contributed by atoms with Crippen LogP contribution >= 0.6 is 11.3 Å². The molecule has 1 atom stereocenters. The van der Waals surface area contributed by atoms with E-state index in [2.05, 4.69) is 10.0 Å². The minimum atomic E-state index is -3.79. The number of amides is 2. The van der Waals surface area contributed by atoms with Crippen LogP contribution in [-0.2, 0) is 14.8 Å². The lowest BCUT2D eigenvalue weighted by atomic mass is 10.2. The fourth-order valence-corrected chi connectivity index (χ4v) is 5.38. The molecule has 0 radical (unpaired) electrons. The van der Waals surface area contributed by atoms with Gasteiger partial charge in [0.25, 0.3) is 15.9 Å². The number of carbonyl (C=O) groups excluding carboxylic acids is 2. The zero-order chi connectivity index (χ0) is 23.4. The van der Waals surface area contributed by atoms with Crippen LogP contribution in [0, 0.1) is 0 Å². The van der Waals surface area contributed by atoms with E-state index in [-0.39, 0.29) is 16.7 Å². The van der Waals surface area contributed by atoms with Gasteiger partial charge in [0.05, 0.1) is 16.9 Å². The maximum absolute atomic E-state index is 12.8. The van der Waals surface area contributed by atoms with Crippen LogP contribution in [0.4, 0.5) is 11.4 Å². The minimum absolute atomic E-state index is 0.0617. The number of anilines is 2. The summed E-state index contributed by atoms with van der Waals surface area (Å²) in [5.74, 6) is 0.189. The van der Waals surface area contributed by atoms with Crippen molar-refractivity contribution >= 4 is 44.5 Å². The highest BCUT2D eigenvalue weighted by atomic mass is 32.2. The van der Waals surface area contributed by atoms with Crippen molar-refractivity contribution in [3.05, 3.63) is 70.9 Å². The van der Waals surface area contributed by atoms with Gasteiger partial charge >= 0.3 is 0 Å². The molecular formula is C23H23N3O5S2. The van der Waals surface area contributed by atoms with E-state index in [0.29, 0.717) is 35.0 Å². The summed E-state index contributed by atoms with van der Waals surface area (Å²) in [6.45, 7) is 0.531. The molecule has 8 nitrogen and oxygen atoms in total. The van der Waals surface area contributed by atoms with E-state index in [1.54, 1.807) is 35.2 Å². The van der Waals surface area contributed by atoms with Crippen LogP contribution in [0.3, 0.4) is 0 Å². The quantitative estimate of drug-likeness (QED) is 0.530. The van der Waals surface area contributed by atoms with Crippen molar-refractivity contribution in [2.24, 2.45) is 0 Å². The van der Waals surface area contributed by atoms with Crippen LogP contribution < -0.4 is 14.8 Å². The highest BCUT2D eigenvalue weighted by molar-refractivity contribution is 7.92. The van der Waals surface area contributed by atoms with E-state index in [1.165, 1.54) is 42.7 Å². The molecule has 2 aromatic carbocycles. The molecule has 3 aromatic rings. The summed E-state index contributed by atoms with van der Waals surface area (Å²) in [5, 5.41) is 4.63. The van der Waals surface area contributed by atoms with Crippen LogP contribution in [-0.4, -0.2) is 44.8 Å². The van der Waals surface area contributed by atoms with Gasteiger partial charge in [-0.15, -0.1) is 11.3 Å². The number of thiophene rings is 1. The number of ether oxygens (including phenoxy) is 1. The zero-order valence-electron chi connectivity index (χ0n) is 17.9. The maximum Gasteiger partial charge on any atom is 0.264 e. The van der Waals surface area contributed by atoms with Crippen LogP contribution in [0.5, 0.6) is 5.75 Å². The molecule has 1 fully saturated rings. The lowest BCUT2D eigenvalue weighted by Crippen LogP contribution is -2.42. The largest absolute Gasteiger partial charge is 0.497 e. The van der Waals surface area contributed by atoms with Crippen molar-refractivity contribution in [3.8, 4) is 5.75 Å². The predicted molar refractivity (Wildman–Crippen MR) is 127 cm³/mol. The van der Waals surface area contributed by atoms with E-state index in [4.69, 9.17) is 4.74 Å². The Morgan fingerprint density at radius 1 is 1.03 bits per heavy atom. The lowest BCUT2D eigenvalue weighted by molar-refractivity contribution is -0.119. The second kappa shape index (κ2) is 9.63. The summed E-state index contributed by atoms with van der Waals surface area (Å²) < 4.78 is 32.9. The van der Waals surface area contributed by atoms with Gasteiger partial charge in [-0.1, -0.05) is 6.07 Å². The Kier molecular flexibility index (Phi) is 6.66. The first-order chi connectivity index (χ1) is 15.9. The molecule has 10 heteroatoms. The summed E-state index contributed by atoms with van der Waals surface area (Å²) in [6, 6.07) is 15.4. The summed E-state index contributed by atoms with van der Waals surface area (Å²) in [5.41, 5.74) is 0.865. The van der Waals surface area contributed by atoms with Gasteiger partial charge in [-0.2, -0.15) is 0 Å². The van der Waals surface area contributed by atoms with Gasteiger partial charge in [0.1, 0.15) is 11.8 Å². The molecule has 2 N–H and O–H groups in total. The van der Waals surface area contributed by atoms with Gasteiger partial charge in [0, 0.05) is 17.9 Å².